The standard InChI is InChI=1S/C22H24F2N2O7S/c1-3-32-20(28)12-19-26(13-18(27)25-6-8-31-9-7-25)21(29)17(34-19)11-14-4-5-15(33-22(23)24)16(10-14)30-2/h4-5,10-12,22H,3,6-9,13H2,1-2H3/b17-11+,19-12-. The Hall–Kier alpha value is -3.25. The number of hydrogen-bond acceptors (Lipinski definition) is 8. The van der Waals surface area contributed by atoms with Gasteiger partial charge in [0.05, 0.1) is 37.5 Å². The minimum Gasteiger partial charge on any atom is -0.493 e. The van der Waals surface area contributed by atoms with E-state index < -0.39 is 18.1 Å². The third kappa shape index (κ3) is 6.41. The Kier molecular flexibility index (Phi) is 8.77. The number of hydrogen-bond donors (Lipinski definition) is 0. The summed E-state index contributed by atoms with van der Waals surface area (Å²) >= 11 is 1.00. The van der Waals surface area contributed by atoms with Crippen LogP contribution in [0.5, 0.6) is 11.5 Å². The summed E-state index contributed by atoms with van der Waals surface area (Å²) in [6.45, 7) is 0.210. The Morgan fingerprint density at radius 2 is 1.97 bits per heavy atom. The third-order valence-corrected chi connectivity index (χ3v) is 5.88. The SMILES string of the molecule is CCOC(=O)/C=c1\s/c(=C/c2ccc(OC(F)F)c(OC)c2)c(=O)n1CC(=O)N1CCOCC1. The van der Waals surface area contributed by atoms with E-state index in [2.05, 4.69) is 4.74 Å². The molecule has 1 saturated heterocycles. The molecule has 0 spiro atoms. The Bertz CT molecular complexity index is 1200. The number of benzene rings is 1. The number of amides is 1. The molecule has 1 aliphatic rings. The van der Waals surface area contributed by atoms with Crippen molar-refractivity contribution in [3.05, 3.63) is 43.3 Å². The van der Waals surface area contributed by atoms with E-state index in [1.165, 1.54) is 42.0 Å². The quantitative estimate of drug-likeness (QED) is 0.491. The highest BCUT2D eigenvalue weighted by molar-refractivity contribution is 7.07. The van der Waals surface area contributed by atoms with Gasteiger partial charge in [-0.3, -0.25) is 14.2 Å². The van der Waals surface area contributed by atoms with Crippen LogP contribution in [0.4, 0.5) is 8.78 Å². The van der Waals surface area contributed by atoms with E-state index in [4.69, 9.17) is 14.2 Å². The van der Waals surface area contributed by atoms with Gasteiger partial charge in [-0.05, 0) is 30.7 Å². The summed E-state index contributed by atoms with van der Waals surface area (Å²) in [6.07, 6.45) is 2.68. The van der Waals surface area contributed by atoms with E-state index in [1.807, 2.05) is 0 Å². The summed E-state index contributed by atoms with van der Waals surface area (Å²) in [7, 11) is 1.30. The van der Waals surface area contributed by atoms with Crippen LogP contribution < -0.4 is 24.2 Å². The smallest absolute Gasteiger partial charge is 0.387 e. The van der Waals surface area contributed by atoms with Crippen LogP contribution in [0, 0.1) is 0 Å². The number of alkyl halides is 2. The zero-order valence-electron chi connectivity index (χ0n) is 18.6. The van der Waals surface area contributed by atoms with Crippen LogP contribution in [0.25, 0.3) is 12.2 Å². The van der Waals surface area contributed by atoms with Gasteiger partial charge in [-0.2, -0.15) is 8.78 Å². The molecule has 0 aliphatic carbocycles. The van der Waals surface area contributed by atoms with Crippen LogP contribution in [0.1, 0.15) is 12.5 Å². The highest BCUT2D eigenvalue weighted by Gasteiger charge is 2.19. The first-order valence-electron chi connectivity index (χ1n) is 10.4. The van der Waals surface area contributed by atoms with Gasteiger partial charge in [0.2, 0.25) is 5.91 Å². The van der Waals surface area contributed by atoms with Crippen LogP contribution in [0.15, 0.2) is 23.0 Å². The predicted molar refractivity (Wildman–Crippen MR) is 120 cm³/mol. The van der Waals surface area contributed by atoms with E-state index in [-0.39, 0.29) is 39.8 Å². The third-order valence-electron chi connectivity index (χ3n) is 4.82. The Morgan fingerprint density at radius 3 is 2.62 bits per heavy atom. The maximum absolute atomic E-state index is 13.1. The molecule has 2 aromatic rings. The minimum atomic E-state index is -3.02. The van der Waals surface area contributed by atoms with Crippen molar-refractivity contribution in [2.45, 2.75) is 20.1 Å². The Balaban J connectivity index is 2.02. The Labute approximate surface area is 197 Å². The van der Waals surface area contributed by atoms with Crippen LogP contribution in [0.2, 0.25) is 0 Å². The van der Waals surface area contributed by atoms with Gasteiger partial charge < -0.3 is 23.8 Å². The monoisotopic (exact) mass is 498 g/mol. The molecule has 0 bridgehead atoms. The maximum atomic E-state index is 13.1. The lowest BCUT2D eigenvalue weighted by atomic mass is 10.2. The predicted octanol–water partition coefficient (Wildman–Crippen LogP) is 0.551. The summed E-state index contributed by atoms with van der Waals surface area (Å²) < 4.78 is 46.6. The number of rotatable bonds is 8. The average molecular weight is 499 g/mol. The molecule has 1 aliphatic heterocycles. The normalized spacial score (nSPS) is 15.0. The number of morpholine rings is 1. The van der Waals surface area contributed by atoms with E-state index in [9.17, 15) is 23.2 Å². The molecule has 0 atom stereocenters. The number of ether oxygens (including phenoxy) is 4. The molecule has 184 valence electrons. The van der Waals surface area contributed by atoms with Gasteiger partial charge in [-0.1, -0.05) is 6.07 Å². The van der Waals surface area contributed by atoms with E-state index in [1.54, 1.807) is 11.8 Å². The lowest BCUT2D eigenvalue weighted by Gasteiger charge is -2.26. The van der Waals surface area contributed by atoms with Gasteiger partial charge >= 0.3 is 12.6 Å². The van der Waals surface area contributed by atoms with Gasteiger partial charge in [0, 0.05) is 13.1 Å². The number of esters is 1. The van der Waals surface area contributed by atoms with Crippen molar-refractivity contribution in [1.82, 2.24) is 9.47 Å². The van der Waals surface area contributed by atoms with Crippen molar-refractivity contribution >= 4 is 35.4 Å². The fourth-order valence-electron chi connectivity index (χ4n) is 3.24. The molecule has 0 N–H and O–H groups in total. The summed E-state index contributed by atoms with van der Waals surface area (Å²) in [6, 6.07) is 4.22. The van der Waals surface area contributed by atoms with E-state index in [0.29, 0.717) is 31.9 Å². The molecule has 1 aromatic heterocycles. The van der Waals surface area contributed by atoms with Gasteiger partial charge in [0.15, 0.2) is 11.5 Å². The highest BCUT2D eigenvalue weighted by atomic mass is 32.1. The van der Waals surface area contributed by atoms with Crippen LogP contribution in [-0.2, 0) is 25.6 Å². The molecule has 1 aromatic carbocycles. The van der Waals surface area contributed by atoms with Crippen molar-refractivity contribution in [3.8, 4) is 11.5 Å². The maximum Gasteiger partial charge on any atom is 0.387 e. The molecule has 1 fully saturated rings. The number of carbonyl (C=O) groups excluding carboxylic acids is 2. The fourth-order valence-corrected chi connectivity index (χ4v) is 4.27. The molecule has 3 rings (SSSR count). The first-order valence-corrected chi connectivity index (χ1v) is 11.2. The second-order valence-electron chi connectivity index (χ2n) is 7.02. The summed E-state index contributed by atoms with van der Waals surface area (Å²) in [4.78, 5) is 39.5. The van der Waals surface area contributed by atoms with Gasteiger partial charge in [0.25, 0.3) is 5.56 Å². The number of methoxy groups -OCH3 is 1. The van der Waals surface area contributed by atoms with Gasteiger partial charge in [-0.15, -0.1) is 11.3 Å². The lowest BCUT2D eigenvalue weighted by molar-refractivity contribution is -0.136. The lowest BCUT2D eigenvalue weighted by Crippen LogP contribution is -2.45. The minimum absolute atomic E-state index is 0.0618. The average Bonchev–Trinajstić information content (AvgIpc) is 3.09. The molecular formula is C22H24F2N2O7S. The number of aromatic nitrogens is 1. The second kappa shape index (κ2) is 11.7. The molecule has 1 amide bonds. The van der Waals surface area contributed by atoms with E-state index in [0.717, 1.165) is 11.3 Å². The van der Waals surface area contributed by atoms with Gasteiger partial charge in [-0.25, -0.2) is 4.79 Å². The van der Waals surface area contributed by atoms with Crippen molar-refractivity contribution in [3.63, 3.8) is 0 Å². The van der Waals surface area contributed by atoms with Crippen molar-refractivity contribution in [1.29, 1.82) is 0 Å². The zero-order chi connectivity index (χ0) is 24.7. The number of thiazole rings is 1. The first kappa shape index (κ1) is 25.4. The molecule has 0 radical (unpaired) electrons. The van der Waals surface area contributed by atoms with Crippen LogP contribution >= 0.6 is 11.3 Å². The largest absolute Gasteiger partial charge is 0.493 e. The second-order valence-corrected chi connectivity index (χ2v) is 8.08. The zero-order valence-corrected chi connectivity index (χ0v) is 19.4. The Morgan fingerprint density at radius 1 is 1.24 bits per heavy atom. The van der Waals surface area contributed by atoms with Gasteiger partial charge in [0.1, 0.15) is 11.2 Å². The molecule has 2 heterocycles. The summed E-state index contributed by atoms with van der Waals surface area (Å²) in [5.41, 5.74) is 0.000175. The van der Waals surface area contributed by atoms with Crippen molar-refractivity contribution < 1.29 is 37.3 Å². The molecule has 34 heavy (non-hydrogen) atoms. The first-order chi connectivity index (χ1) is 16.3. The molecule has 9 nitrogen and oxygen atoms in total. The molecule has 12 heteroatoms. The van der Waals surface area contributed by atoms with Crippen LogP contribution in [0.3, 0.4) is 0 Å². The van der Waals surface area contributed by atoms with E-state index >= 15 is 0 Å². The molecular weight excluding hydrogens is 474 g/mol. The topological polar surface area (TPSA) is 96.3 Å². The molecule has 0 saturated carbocycles. The number of halogens is 2. The molecule has 0 unspecified atom stereocenters. The fraction of sp³-hybridized carbons (Fsp3) is 0.409. The van der Waals surface area contributed by atoms with Crippen LogP contribution in [-0.4, -0.2) is 68.0 Å². The van der Waals surface area contributed by atoms with Crippen molar-refractivity contribution in [2.75, 3.05) is 40.0 Å². The van der Waals surface area contributed by atoms with Crippen molar-refractivity contribution in [2.24, 2.45) is 0 Å². The number of carbonyl (C=O) groups is 2. The summed E-state index contributed by atoms with van der Waals surface area (Å²) in [5.74, 6) is -1.00. The number of nitrogens with zero attached hydrogens (tertiary/aromatic N) is 2. The summed E-state index contributed by atoms with van der Waals surface area (Å²) in [5, 5.41) is 0. The highest BCUT2D eigenvalue weighted by Crippen LogP contribution is 2.29.